The molecule has 0 aliphatic heterocycles. The second kappa shape index (κ2) is 8.14. The zero-order valence-corrected chi connectivity index (χ0v) is 16.1. The summed E-state index contributed by atoms with van der Waals surface area (Å²) in [6.45, 7) is 2.57. The quantitative estimate of drug-likeness (QED) is 0.678. The molecule has 1 N–H and O–H groups in total. The number of amides is 1. The van der Waals surface area contributed by atoms with Crippen molar-refractivity contribution in [3.63, 3.8) is 0 Å². The minimum absolute atomic E-state index is 0.307. The Kier molecular flexibility index (Phi) is 5.66. The molecule has 0 spiro atoms. The SMILES string of the molecule is CCn1nc(C(=O)Nc2cccc(Cl)c2)cc1-c1ccc(OC)cc1OC. The number of hydrogen-bond donors (Lipinski definition) is 1. The summed E-state index contributed by atoms with van der Waals surface area (Å²) in [6.07, 6.45) is 0. The number of methoxy groups -OCH3 is 2. The van der Waals surface area contributed by atoms with E-state index < -0.39 is 0 Å². The first-order valence-electron chi connectivity index (χ1n) is 8.43. The van der Waals surface area contributed by atoms with Gasteiger partial charge in [-0.3, -0.25) is 9.48 Å². The highest BCUT2D eigenvalue weighted by molar-refractivity contribution is 6.30. The first kappa shape index (κ1) is 18.8. The average Bonchev–Trinajstić information content (AvgIpc) is 3.11. The van der Waals surface area contributed by atoms with Crippen molar-refractivity contribution in [1.29, 1.82) is 0 Å². The van der Waals surface area contributed by atoms with E-state index in [4.69, 9.17) is 21.1 Å². The van der Waals surface area contributed by atoms with Gasteiger partial charge in [0.2, 0.25) is 0 Å². The minimum atomic E-state index is -0.307. The number of rotatable bonds is 6. The van der Waals surface area contributed by atoms with Crippen LogP contribution in [0.15, 0.2) is 48.5 Å². The molecule has 140 valence electrons. The number of carbonyl (C=O) groups excluding carboxylic acids is 1. The molecule has 1 amide bonds. The molecule has 3 aromatic rings. The fourth-order valence-electron chi connectivity index (χ4n) is 2.76. The van der Waals surface area contributed by atoms with Crippen LogP contribution < -0.4 is 14.8 Å². The molecule has 0 saturated heterocycles. The van der Waals surface area contributed by atoms with E-state index in [1.165, 1.54) is 0 Å². The highest BCUT2D eigenvalue weighted by atomic mass is 35.5. The van der Waals surface area contributed by atoms with E-state index >= 15 is 0 Å². The number of nitrogens with one attached hydrogen (secondary N) is 1. The molecule has 1 aromatic heterocycles. The fourth-order valence-corrected chi connectivity index (χ4v) is 2.95. The molecule has 0 aliphatic carbocycles. The maximum atomic E-state index is 12.6. The number of aryl methyl sites for hydroxylation is 1. The standard InChI is InChI=1S/C20H20ClN3O3/c1-4-24-18(16-9-8-15(26-2)11-19(16)27-3)12-17(23-24)20(25)22-14-7-5-6-13(21)10-14/h5-12H,4H2,1-3H3,(H,22,25). The summed E-state index contributed by atoms with van der Waals surface area (Å²) in [6, 6.07) is 14.3. The highest BCUT2D eigenvalue weighted by Gasteiger charge is 2.18. The van der Waals surface area contributed by atoms with E-state index in [9.17, 15) is 4.79 Å². The van der Waals surface area contributed by atoms with E-state index in [2.05, 4.69) is 10.4 Å². The monoisotopic (exact) mass is 385 g/mol. The van der Waals surface area contributed by atoms with E-state index in [-0.39, 0.29) is 5.91 Å². The van der Waals surface area contributed by atoms with Crippen LogP contribution in [0.2, 0.25) is 5.02 Å². The van der Waals surface area contributed by atoms with Gasteiger partial charge in [-0.25, -0.2) is 0 Å². The number of aromatic nitrogens is 2. The lowest BCUT2D eigenvalue weighted by molar-refractivity contribution is 0.102. The molecule has 1 heterocycles. The van der Waals surface area contributed by atoms with Gasteiger partial charge in [0.15, 0.2) is 5.69 Å². The van der Waals surface area contributed by atoms with Crippen molar-refractivity contribution >= 4 is 23.2 Å². The number of carbonyl (C=O) groups is 1. The Bertz CT molecular complexity index is 969. The number of nitrogens with zero attached hydrogens (tertiary/aromatic N) is 2. The van der Waals surface area contributed by atoms with E-state index in [0.29, 0.717) is 34.4 Å². The van der Waals surface area contributed by atoms with Gasteiger partial charge in [-0.1, -0.05) is 17.7 Å². The molecule has 0 unspecified atom stereocenters. The first-order valence-corrected chi connectivity index (χ1v) is 8.80. The largest absolute Gasteiger partial charge is 0.497 e. The maximum absolute atomic E-state index is 12.6. The normalized spacial score (nSPS) is 10.5. The lowest BCUT2D eigenvalue weighted by Crippen LogP contribution is -2.13. The van der Waals surface area contributed by atoms with Crippen LogP contribution in [-0.4, -0.2) is 29.9 Å². The van der Waals surface area contributed by atoms with Gasteiger partial charge >= 0.3 is 0 Å². The first-order chi connectivity index (χ1) is 13.0. The van der Waals surface area contributed by atoms with Gasteiger partial charge < -0.3 is 14.8 Å². The molecule has 0 aliphatic rings. The Balaban J connectivity index is 1.95. The van der Waals surface area contributed by atoms with E-state index in [1.54, 1.807) is 55.3 Å². The Morgan fingerprint density at radius 3 is 2.63 bits per heavy atom. The number of ether oxygens (including phenoxy) is 2. The smallest absolute Gasteiger partial charge is 0.276 e. The summed E-state index contributed by atoms with van der Waals surface area (Å²) in [5.74, 6) is 1.03. The molecule has 0 saturated carbocycles. The van der Waals surface area contributed by atoms with Crippen LogP contribution in [0, 0.1) is 0 Å². The van der Waals surface area contributed by atoms with Crippen LogP contribution in [0.1, 0.15) is 17.4 Å². The zero-order valence-electron chi connectivity index (χ0n) is 15.3. The number of halogens is 1. The van der Waals surface area contributed by atoms with Crippen LogP contribution in [0.5, 0.6) is 11.5 Å². The zero-order chi connectivity index (χ0) is 19.4. The summed E-state index contributed by atoms with van der Waals surface area (Å²) in [5, 5.41) is 7.79. The number of benzene rings is 2. The Hall–Kier alpha value is -2.99. The molecule has 7 heteroatoms. The predicted molar refractivity (Wildman–Crippen MR) is 106 cm³/mol. The van der Waals surface area contributed by atoms with Crippen molar-refractivity contribution in [3.05, 3.63) is 59.2 Å². The maximum Gasteiger partial charge on any atom is 0.276 e. The third-order valence-electron chi connectivity index (χ3n) is 4.08. The Labute approximate surface area is 162 Å². The Morgan fingerprint density at radius 2 is 1.96 bits per heavy atom. The van der Waals surface area contributed by atoms with Crippen molar-refractivity contribution in [3.8, 4) is 22.8 Å². The van der Waals surface area contributed by atoms with E-state index in [0.717, 1.165) is 11.3 Å². The molecule has 6 nitrogen and oxygen atoms in total. The lowest BCUT2D eigenvalue weighted by Gasteiger charge is -2.11. The van der Waals surface area contributed by atoms with Gasteiger partial charge in [0.25, 0.3) is 5.91 Å². The molecular weight excluding hydrogens is 366 g/mol. The van der Waals surface area contributed by atoms with Gasteiger partial charge in [-0.2, -0.15) is 5.10 Å². The summed E-state index contributed by atoms with van der Waals surface area (Å²) in [5.41, 5.74) is 2.54. The lowest BCUT2D eigenvalue weighted by atomic mass is 10.1. The van der Waals surface area contributed by atoms with Crippen LogP contribution in [0.3, 0.4) is 0 Å². The van der Waals surface area contributed by atoms with E-state index in [1.807, 2.05) is 19.1 Å². The van der Waals surface area contributed by atoms with Crippen molar-refractivity contribution in [2.45, 2.75) is 13.5 Å². The van der Waals surface area contributed by atoms with Crippen LogP contribution >= 0.6 is 11.6 Å². The van der Waals surface area contributed by atoms with Crippen molar-refractivity contribution in [1.82, 2.24) is 9.78 Å². The predicted octanol–water partition coefficient (Wildman–Crippen LogP) is 4.49. The summed E-state index contributed by atoms with van der Waals surface area (Å²) < 4.78 is 12.5. The van der Waals surface area contributed by atoms with Crippen LogP contribution in [0.25, 0.3) is 11.3 Å². The second-order valence-corrected chi connectivity index (χ2v) is 6.20. The molecule has 0 fully saturated rings. The summed E-state index contributed by atoms with van der Waals surface area (Å²) in [7, 11) is 3.20. The van der Waals surface area contributed by atoms with Gasteiger partial charge in [0, 0.05) is 28.9 Å². The third-order valence-corrected chi connectivity index (χ3v) is 4.31. The topological polar surface area (TPSA) is 65.4 Å². The van der Waals surface area contributed by atoms with Crippen molar-refractivity contribution in [2.75, 3.05) is 19.5 Å². The summed E-state index contributed by atoms with van der Waals surface area (Å²) >= 11 is 5.97. The molecule has 0 atom stereocenters. The average molecular weight is 386 g/mol. The molecule has 27 heavy (non-hydrogen) atoms. The summed E-state index contributed by atoms with van der Waals surface area (Å²) in [4.78, 5) is 12.6. The number of hydrogen-bond acceptors (Lipinski definition) is 4. The van der Waals surface area contributed by atoms with Gasteiger partial charge in [0.1, 0.15) is 11.5 Å². The van der Waals surface area contributed by atoms with Gasteiger partial charge in [-0.05, 0) is 43.3 Å². The number of anilines is 1. The highest BCUT2D eigenvalue weighted by Crippen LogP contribution is 2.33. The van der Waals surface area contributed by atoms with Gasteiger partial charge in [0.05, 0.1) is 19.9 Å². The second-order valence-electron chi connectivity index (χ2n) is 5.76. The third kappa shape index (κ3) is 4.06. The molecule has 2 aromatic carbocycles. The molecule has 0 bridgehead atoms. The fraction of sp³-hybridized carbons (Fsp3) is 0.200. The van der Waals surface area contributed by atoms with Crippen molar-refractivity contribution in [2.24, 2.45) is 0 Å². The van der Waals surface area contributed by atoms with Gasteiger partial charge in [-0.15, -0.1) is 0 Å². The van der Waals surface area contributed by atoms with Crippen LogP contribution in [-0.2, 0) is 6.54 Å². The molecular formula is C20H20ClN3O3. The minimum Gasteiger partial charge on any atom is -0.497 e. The molecule has 0 radical (unpaired) electrons. The Morgan fingerprint density at radius 1 is 1.15 bits per heavy atom. The van der Waals surface area contributed by atoms with Crippen LogP contribution in [0.4, 0.5) is 5.69 Å². The molecule has 3 rings (SSSR count). The van der Waals surface area contributed by atoms with Crippen molar-refractivity contribution < 1.29 is 14.3 Å².